The van der Waals surface area contributed by atoms with Gasteiger partial charge in [0.25, 0.3) is 0 Å². The Bertz CT molecular complexity index is 445. The molecule has 4 nitrogen and oxygen atoms in total. The van der Waals surface area contributed by atoms with Crippen LogP contribution in [0.3, 0.4) is 0 Å². The fraction of sp³-hybridized carbons (Fsp3) is 0.714. The molecule has 2 heterocycles. The molecule has 1 atom stereocenters. The molecule has 2 aliphatic rings. The highest BCUT2D eigenvalue weighted by molar-refractivity contribution is 5.48. The van der Waals surface area contributed by atoms with E-state index in [1.807, 2.05) is 0 Å². The van der Waals surface area contributed by atoms with Gasteiger partial charge in [-0.2, -0.15) is 0 Å². The van der Waals surface area contributed by atoms with E-state index in [1.54, 1.807) is 6.33 Å². The van der Waals surface area contributed by atoms with Crippen molar-refractivity contribution in [3.8, 4) is 0 Å². The van der Waals surface area contributed by atoms with Crippen molar-refractivity contribution in [3.05, 3.63) is 17.6 Å². The Kier molecular flexibility index (Phi) is 2.98. The Morgan fingerprint density at radius 3 is 3.06 bits per heavy atom. The predicted octanol–water partition coefficient (Wildman–Crippen LogP) is 2.33. The molecule has 1 saturated heterocycles. The zero-order valence-electron chi connectivity index (χ0n) is 11.2. The lowest BCUT2D eigenvalue weighted by atomic mass is 9.94. The van der Waals surface area contributed by atoms with Crippen LogP contribution in [-0.2, 0) is 17.6 Å². The molecule has 0 radical (unpaired) electrons. The molecule has 4 heteroatoms. The summed E-state index contributed by atoms with van der Waals surface area (Å²) in [6, 6.07) is 0.466. The predicted molar refractivity (Wildman–Crippen MR) is 70.7 cm³/mol. The largest absolute Gasteiger partial charge is 0.375 e. The van der Waals surface area contributed by atoms with E-state index < -0.39 is 0 Å². The van der Waals surface area contributed by atoms with Crippen LogP contribution in [0.15, 0.2) is 6.33 Å². The molecule has 0 saturated carbocycles. The average Bonchev–Trinajstić information content (AvgIpc) is 2.77. The quantitative estimate of drug-likeness (QED) is 0.871. The summed E-state index contributed by atoms with van der Waals surface area (Å²) < 4.78 is 5.75. The third-order valence-corrected chi connectivity index (χ3v) is 3.91. The first-order valence-electron chi connectivity index (χ1n) is 6.87. The second-order valence-electron chi connectivity index (χ2n) is 5.94. The van der Waals surface area contributed by atoms with Gasteiger partial charge in [0, 0.05) is 23.9 Å². The van der Waals surface area contributed by atoms with E-state index >= 15 is 0 Å². The molecule has 0 spiro atoms. The van der Waals surface area contributed by atoms with Crippen LogP contribution in [0.25, 0.3) is 0 Å². The summed E-state index contributed by atoms with van der Waals surface area (Å²) in [5.74, 6) is 1.06. The SMILES string of the molecule is CC1(C)CC(Nc2ncnc3c2CCC3)CCO1. The molecule has 1 aromatic rings. The summed E-state index contributed by atoms with van der Waals surface area (Å²) in [6.45, 7) is 5.15. The van der Waals surface area contributed by atoms with Gasteiger partial charge in [-0.05, 0) is 46.0 Å². The summed E-state index contributed by atoms with van der Waals surface area (Å²) in [4.78, 5) is 8.79. The molecule has 1 aliphatic carbocycles. The molecule has 1 N–H and O–H groups in total. The Hall–Kier alpha value is -1.16. The van der Waals surface area contributed by atoms with Crippen LogP contribution in [0, 0.1) is 0 Å². The normalized spacial score (nSPS) is 25.8. The van der Waals surface area contributed by atoms with Gasteiger partial charge in [-0.1, -0.05) is 0 Å². The van der Waals surface area contributed by atoms with Gasteiger partial charge in [0.1, 0.15) is 12.1 Å². The summed E-state index contributed by atoms with van der Waals surface area (Å²) in [5, 5.41) is 3.61. The molecule has 3 rings (SSSR count). The maximum absolute atomic E-state index is 5.75. The van der Waals surface area contributed by atoms with E-state index in [0.29, 0.717) is 6.04 Å². The fourth-order valence-corrected chi connectivity index (χ4v) is 3.03. The van der Waals surface area contributed by atoms with Crippen molar-refractivity contribution in [2.24, 2.45) is 0 Å². The summed E-state index contributed by atoms with van der Waals surface area (Å²) in [6.07, 6.45) is 7.21. The number of rotatable bonds is 2. The van der Waals surface area contributed by atoms with Gasteiger partial charge in [-0.25, -0.2) is 9.97 Å². The number of fused-ring (bicyclic) bond motifs is 1. The van der Waals surface area contributed by atoms with Gasteiger partial charge < -0.3 is 10.1 Å². The summed E-state index contributed by atoms with van der Waals surface area (Å²) in [7, 11) is 0. The zero-order chi connectivity index (χ0) is 12.6. The van der Waals surface area contributed by atoms with Crippen LogP contribution in [0.5, 0.6) is 0 Å². The third-order valence-electron chi connectivity index (χ3n) is 3.91. The number of aromatic nitrogens is 2. The monoisotopic (exact) mass is 247 g/mol. The lowest BCUT2D eigenvalue weighted by molar-refractivity contribution is -0.0553. The second-order valence-corrected chi connectivity index (χ2v) is 5.94. The van der Waals surface area contributed by atoms with Crippen molar-refractivity contribution in [1.82, 2.24) is 9.97 Å². The van der Waals surface area contributed by atoms with Crippen LogP contribution < -0.4 is 5.32 Å². The maximum Gasteiger partial charge on any atom is 0.133 e. The third kappa shape index (κ3) is 2.34. The molecular formula is C14H21N3O. The van der Waals surface area contributed by atoms with Crippen molar-refractivity contribution in [2.75, 3.05) is 11.9 Å². The van der Waals surface area contributed by atoms with E-state index in [-0.39, 0.29) is 5.60 Å². The van der Waals surface area contributed by atoms with E-state index in [0.717, 1.165) is 38.1 Å². The van der Waals surface area contributed by atoms with E-state index in [4.69, 9.17) is 4.74 Å². The molecule has 0 amide bonds. The fourth-order valence-electron chi connectivity index (χ4n) is 3.03. The highest BCUT2D eigenvalue weighted by Crippen LogP contribution is 2.29. The lowest BCUT2D eigenvalue weighted by Gasteiger charge is -2.36. The van der Waals surface area contributed by atoms with E-state index in [9.17, 15) is 0 Å². The molecule has 1 fully saturated rings. The number of ether oxygens (including phenoxy) is 1. The minimum atomic E-state index is -0.0217. The first kappa shape index (κ1) is 11.9. The smallest absolute Gasteiger partial charge is 0.133 e. The Morgan fingerprint density at radius 1 is 1.33 bits per heavy atom. The first-order valence-corrected chi connectivity index (χ1v) is 6.87. The first-order chi connectivity index (χ1) is 8.64. The summed E-state index contributed by atoms with van der Waals surface area (Å²) in [5.41, 5.74) is 2.55. The average molecular weight is 247 g/mol. The Morgan fingerprint density at radius 2 is 2.22 bits per heavy atom. The molecule has 0 aromatic carbocycles. The molecule has 1 unspecified atom stereocenters. The number of anilines is 1. The van der Waals surface area contributed by atoms with Crippen molar-refractivity contribution < 1.29 is 4.74 Å². The number of nitrogens with one attached hydrogen (secondary N) is 1. The van der Waals surface area contributed by atoms with Gasteiger partial charge in [0.2, 0.25) is 0 Å². The van der Waals surface area contributed by atoms with Crippen molar-refractivity contribution in [3.63, 3.8) is 0 Å². The van der Waals surface area contributed by atoms with Crippen LogP contribution in [-0.4, -0.2) is 28.2 Å². The van der Waals surface area contributed by atoms with Crippen LogP contribution in [0.2, 0.25) is 0 Å². The summed E-state index contributed by atoms with van der Waals surface area (Å²) >= 11 is 0. The van der Waals surface area contributed by atoms with Gasteiger partial charge in [-0.15, -0.1) is 0 Å². The number of hydrogen-bond donors (Lipinski definition) is 1. The molecule has 18 heavy (non-hydrogen) atoms. The van der Waals surface area contributed by atoms with Crippen LogP contribution in [0.4, 0.5) is 5.82 Å². The van der Waals surface area contributed by atoms with Gasteiger partial charge in [0.05, 0.1) is 5.60 Å². The van der Waals surface area contributed by atoms with Gasteiger partial charge >= 0.3 is 0 Å². The van der Waals surface area contributed by atoms with Gasteiger partial charge in [-0.3, -0.25) is 0 Å². The maximum atomic E-state index is 5.75. The number of aryl methyl sites for hydroxylation is 1. The molecule has 0 bridgehead atoms. The van der Waals surface area contributed by atoms with E-state index in [1.165, 1.54) is 17.7 Å². The van der Waals surface area contributed by atoms with Crippen LogP contribution >= 0.6 is 0 Å². The second kappa shape index (κ2) is 4.50. The molecule has 98 valence electrons. The highest BCUT2D eigenvalue weighted by Gasteiger charge is 2.29. The molecular weight excluding hydrogens is 226 g/mol. The van der Waals surface area contributed by atoms with Crippen molar-refractivity contribution in [2.45, 2.75) is 57.6 Å². The number of hydrogen-bond acceptors (Lipinski definition) is 4. The highest BCUT2D eigenvalue weighted by atomic mass is 16.5. The topological polar surface area (TPSA) is 47.0 Å². The molecule has 1 aromatic heterocycles. The van der Waals surface area contributed by atoms with Crippen LogP contribution in [0.1, 0.15) is 44.4 Å². The van der Waals surface area contributed by atoms with Crippen molar-refractivity contribution in [1.29, 1.82) is 0 Å². The molecule has 1 aliphatic heterocycles. The minimum Gasteiger partial charge on any atom is -0.375 e. The lowest BCUT2D eigenvalue weighted by Crippen LogP contribution is -2.40. The van der Waals surface area contributed by atoms with Crippen molar-refractivity contribution >= 4 is 5.82 Å². The minimum absolute atomic E-state index is 0.0217. The Balaban J connectivity index is 1.75. The van der Waals surface area contributed by atoms with E-state index in [2.05, 4.69) is 29.1 Å². The zero-order valence-corrected chi connectivity index (χ0v) is 11.2. The Labute approximate surface area is 108 Å². The standard InChI is InChI=1S/C14H21N3O/c1-14(2)8-10(6-7-18-14)17-13-11-4-3-5-12(11)15-9-16-13/h9-10H,3-8H2,1-2H3,(H,15,16,17). The number of nitrogens with zero attached hydrogens (tertiary/aromatic N) is 2. The van der Waals surface area contributed by atoms with Gasteiger partial charge in [0.15, 0.2) is 0 Å².